The molecule has 1 aromatic carbocycles. The fraction of sp³-hybridized carbons (Fsp3) is 0.571. The first-order valence-corrected chi connectivity index (χ1v) is 5.90. The van der Waals surface area contributed by atoms with Gasteiger partial charge in [-0.15, -0.1) is 0 Å². The molecule has 0 atom stereocenters. The van der Waals surface area contributed by atoms with Crippen molar-refractivity contribution in [2.75, 3.05) is 20.7 Å². The van der Waals surface area contributed by atoms with Crippen LogP contribution in [0.4, 0.5) is 0 Å². The van der Waals surface area contributed by atoms with Crippen molar-refractivity contribution in [3.05, 3.63) is 28.3 Å². The minimum atomic E-state index is 1.01. The molecule has 0 radical (unpaired) electrons. The zero-order valence-electron chi connectivity index (χ0n) is 11.1. The summed E-state index contributed by atoms with van der Waals surface area (Å²) in [5, 5.41) is 3.19. The third-order valence-corrected chi connectivity index (χ3v) is 3.28. The molecule has 1 aromatic rings. The Labute approximate surface area is 99.0 Å². The maximum atomic E-state index is 5.37. The van der Waals surface area contributed by atoms with Crippen molar-refractivity contribution in [1.82, 2.24) is 5.32 Å². The van der Waals surface area contributed by atoms with E-state index in [-0.39, 0.29) is 0 Å². The van der Waals surface area contributed by atoms with Crippen LogP contribution in [0.15, 0.2) is 6.07 Å². The second kappa shape index (κ2) is 5.90. The average molecular weight is 221 g/mol. The average Bonchev–Trinajstić information content (AvgIpc) is 2.28. The molecule has 0 spiro atoms. The summed E-state index contributed by atoms with van der Waals surface area (Å²) in [4.78, 5) is 0. The van der Waals surface area contributed by atoms with Crippen LogP contribution < -0.4 is 10.1 Å². The number of hydrogen-bond donors (Lipinski definition) is 1. The van der Waals surface area contributed by atoms with Gasteiger partial charge in [0.25, 0.3) is 0 Å². The van der Waals surface area contributed by atoms with Gasteiger partial charge in [0, 0.05) is 0 Å². The van der Waals surface area contributed by atoms with E-state index in [0.29, 0.717) is 0 Å². The van der Waals surface area contributed by atoms with Crippen molar-refractivity contribution in [2.24, 2.45) is 0 Å². The molecule has 2 nitrogen and oxygen atoms in total. The second-order valence-corrected chi connectivity index (χ2v) is 4.33. The number of methoxy groups -OCH3 is 1. The van der Waals surface area contributed by atoms with Crippen LogP contribution in [0.25, 0.3) is 0 Å². The standard InChI is InChI=1S/C14H23NO/c1-10-9-14(16-5)12(3)11(2)13(10)7-6-8-15-4/h9,15H,6-8H2,1-5H3. The van der Waals surface area contributed by atoms with Crippen LogP contribution in [0.2, 0.25) is 0 Å². The summed E-state index contributed by atoms with van der Waals surface area (Å²) in [5.41, 5.74) is 5.48. The van der Waals surface area contributed by atoms with E-state index in [9.17, 15) is 0 Å². The van der Waals surface area contributed by atoms with Gasteiger partial charge >= 0.3 is 0 Å². The van der Waals surface area contributed by atoms with Gasteiger partial charge in [0.05, 0.1) is 7.11 Å². The fourth-order valence-electron chi connectivity index (χ4n) is 2.14. The summed E-state index contributed by atoms with van der Waals surface area (Å²) in [6.45, 7) is 7.57. The summed E-state index contributed by atoms with van der Waals surface area (Å²) in [6.07, 6.45) is 2.33. The van der Waals surface area contributed by atoms with Crippen molar-refractivity contribution in [1.29, 1.82) is 0 Å². The molecule has 0 aliphatic carbocycles. The van der Waals surface area contributed by atoms with Gasteiger partial charge in [-0.2, -0.15) is 0 Å². The Kier molecular flexibility index (Phi) is 4.81. The number of nitrogens with one attached hydrogen (secondary N) is 1. The van der Waals surface area contributed by atoms with Gasteiger partial charge in [0.2, 0.25) is 0 Å². The van der Waals surface area contributed by atoms with Gasteiger partial charge in [-0.3, -0.25) is 0 Å². The van der Waals surface area contributed by atoms with Gasteiger partial charge in [0.15, 0.2) is 0 Å². The fourth-order valence-corrected chi connectivity index (χ4v) is 2.14. The molecule has 1 N–H and O–H groups in total. The number of benzene rings is 1. The molecule has 1 rings (SSSR count). The van der Waals surface area contributed by atoms with Gasteiger partial charge in [-0.05, 0) is 75.5 Å². The van der Waals surface area contributed by atoms with Crippen LogP contribution in [0, 0.1) is 20.8 Å². The van der Waals surface area contributed by atoms with Gasteiger partial charge in [0.1, 0.15) is 5.75 Å². The molecular formula is C14H23NO. The van der Waals surface area contributed by atoms with Crippen LogP contribution in [0.3, 0.4) is 0 Å². The lowest BCUT2D eigenvalue weighted by Crippen LogP contribution is -2.09. The molecule has 0 saturated carbocycles. The first-order valence-electron chi connectivity index (χ1n) is 5.90. The van der Waals surface area contributed by atoms with E-state index < -0.39 is 0 Å². The third-order valence-electron chi connectivity index (χ3n) is 3.28. The lowest BCUT2D eigenvalue weighted by Gasteiger charge is -2.15. The molecule has 90 valence electrons. The first-order chi connectivity index (χ1) is 7.61. The normalized spacial score (nSPS) is 10.6. The SMILES string of the molecule is CNCCCc1c(C)cc(OC)c(C)c1C. The molecule has 0 unspecified atom stereocenters. The topological polar surface area (TPSA) is 21.3 Å². The van der Waals surface area contributed by atoms with E-state index in [1.54, 1.807) is 7.11 Å². The Morgan fingerprint density at radius 1 is 1.19 bits per heavy atom. The van der Waals surface area contributed by atoms with E-state index in [2.05, 4.69) is 32.2 Å². The number of aryl methyl sites for hydroxylation is 1. The highest BCUT2D eigenvalue weighted by Crippen LogP contribution is 2.28. The maximum Gasteiger partial charge on any atom is 0.122 e. The largest absolute Gasteiger partial charge is 0.496 e. The Hall–Kier alpha value is -1.02. The first kappa shape index (κ1) is 13.0. The lowest BCUT2D eigenvalue weighted by atomic mass is 9.94. The molecule has 0 heterocycles. The van der Waals surface area contributed by atoms with Crippen LogP contribution in [-0.2, 0) is 6.42 Å². The Morgan fingerprint density at radius 2 is 1.88 bits per heavy atom. The molecule has 0 bridgehead atoms. The monoisotopic (exact) mass is 221 g/mol. The van der Waals surface area contributed by atoms with E-state index in [1.807, 2.05) is 7.05 Å². The van der Waals surface area contributed by atoms with E-state index in [4.69, 9.17) is 4.74 Å². The Balaban J connectivity index is 2.96. The quantitative estimate of drug-likeness (QED) is 0.772. The molecule has 0 aromatic heterocycles. The van der Waals surface area contributed by atoms with Crippen molar-refractivity contribution >= 4 is 0 Å². The lowest BCUT2D eigenvalue weighted by molar-refractivity contribution is 0.410. The molecule has 0 fully saturated rings. The second-order valence-electron chi connectivity index (χ2n) is 4.33. The van der Waals surface area contributed by atoms with Crippen LogP contribution in [0.1, 0.15) is 28.7 Å². The minimum Gasteiger partial charge on any atom is -0.496 e. The van der Waals surface area contributed by atoms with Crippen molar-refractivity contribution in [3.8, 4) is 5.75 Å². The van der Waals surface area contributed by atoms with Crippen LogP contribution in [0.5, 0.6) is 5.75 Å². The smallest absolute Gasteiger partial charge is 0.122 e. The number of rotatable bonds is 5. The third kappa shape index (κ3) is 2.76. The van der Waals surface area contributed by atoms with Crippen LogP contribution in [-0.4, -0.2) is 20.7 Å². The predicted octanol–water partition coefficient (Wildman–Crippen LogP) is 2.77. The predicted molar refractivity (Wildman–Crippen MR) is 69.5 cm³/mol. The van der Waals surface area contributed by atoms with Gasteiger partial charge in [-0.1, -0.05) is 0 Å². The Morgan fingerprint density at radius 3 is 2.44 bits per heavy atom. The van der Waals surface area contributed by atoms with Gasteiger partial charge in [-0.25, -0.2) is 0 Å². The van der Waals surface area contributed by atoms with E-state index in [1.165, 1.54) is 28.7 Å². The summed E-state index contributed by atoms with van der Waals surface area (Å²) in [7, 11) is 3.74. The summed E-state index contributed by atoms with van der Waals surface area (Å²) in [6, 6.07) is 2.15. The van der Waals surface area contributed by atoms with E-state index >= 15 is 0 Å². The molecule has 0 amide bonds. The zero-order chi connectivity index (χ0) is 12.1. The molecule has 0 saturated heterocycles. The highest BCUT2D eigenvalue weighted by Gasteiger charge is 2.09. The molecular weight excluding hydrogens is 198 g/mol. The highest BCUT2D eigenvalue weighted by molar-refractivity contribution is 5.48. The molecule has 16 heavy (non-hydrogen) atoms. The van der Waals surface area contributed by atoms with E-state index in [0.717, 1.165) is 18.7 Å². The number of ether oxygens (including phenoxy) is 1. The number of hydrogen-bond acceptors (Lipinski definition) is 2. The zero-order valence-corrected chi connectivity index (χ0v) is 11.1. The minimum absolute atomic E-state index is 1.01. The van der Waals surface area contributed by atoms with Crippen molar-refractivity contribution < 1.29 is 4.74 Å². The molecule has 0 aliphatic rings. The Bertz CT molecular complexity index is 358. The summed E-state index contributed by atoms with van der Waals surface area (Å²) >= 11 is 0. The van der Waals surface area contributed by atoms with Crippen molar-refractivity contribution in [2.45, 2.75) is 33.6 Å². The van der Waals surface area contributed by atoms with Crippen molar-refractivity contribution in [3.63, 3.8) is 0 Å². The molecule has 2 heteroatoms. The highest BCUT2D eigenvalue weighted by atomic mass is 16.5. The maximum absolute atomic E-state index is 5.37. The summed E-state index contributed by atoms with van der Waals surface area (Å²) in [5.74, 6) is 1.01. The van der Waals surface area contributed by atoms with Gasteiger partial charge < -0.3 is 10.1 Å². The molecule has 0 aliphatic heterocycles. The summed E-state index contributed by atoms with van der Waals surface area (Å²) < 4.78 is 5.37. The van der Waals surface area contributed by atoms with Crippen LogP contribution >= 0.6 is 0 Å².